The van der Waals surface area contributed by atoms with Gasteiger partial charge in [0.1, 0.15) is 0 Å². The molecule has 3 nitrogen and oxygen atoms in total. The van der Waals surface area contributed by atoms with Crippen LogP contribution in [0.2, 0.25) is 0 Å². The first-order valence-electron chi connectivity index (χ1n) is 6.20. The molecular formula is C15H19N3. The second kappa shape index (κ2) is 6.28. The number of hydrazine groups is 1. The first-order chi connectivity index (χ1) is 8.75. The number of nitrogens with zero attached hydrogens (tertiary/aromatic N) is 2. The van der Waals surface area contributed by atoms with E-state index in [4.69, 9.17) is 5.84 Å². The maximum absolute atomic E-state index is 6.11. The van der Waals surface area contributed by atoms with Gasteiger partial charge in [-0.25, -0.2) is 5.01 Å². The minimum absolute atomic E-state index is 0.306. The van der Waals surface area contributed by atoms with Crippen LogP contribution in [0.25, 0.3) is 0 Å². The Hall–Kier alpha value is -1.71. The molecular weight excluding hydrogens is 222 g/mol. The van der Waals surface area contributed by atoms with Gasteiger partial charge in [-0.3, -0.25) is 10.8 Å². The van der Waals surface area contributed by atoms with Gasteiger partial charge in [0.05, 0.1) is 0 Å². The molecule has 1 unspecified atom stereocenters. The molecule has 0 aliphatic heterocycles. The van der Waals surface area contributed by atoms with Gasteiger partial charge in [-0.05, 0) is 36.6 Å². The van der Waals surface area contributed by atoms with E-state index < -0.39 is 0 Å². The van der Waals surface area contributed by atoms with Crippen LogP contribution in [0.3, 0.4) is 0 Å². The van der Waals surface area contributed by atoms with Crippen LogP contribution in [0.4, 0.5) is 0 Å². The Labute approximate surface area is 108 Å². The maximum Gasteiger partial charge on any atom is 0.0383 e. The first-order valence-corrected chi connectivity index (χ1v) is 6.20. The summed E-state index contributed by atoms with van der Waals surface area (Å²) < 4.78 is 0. The lowest BCUT2D eigenvalue weighted by molar-refractivity contribution is 0.203. The Bertz CT molecular complexity index is 410. The SMILES string of the molecule is CC(Cc1ccccc1)N(N)Cc1ccncc1. The Kier molecular flexibility index (Phi) is 4.45. The van der Waals surface area contributed by atoms with Crippen molar-refractivity contribution in [3.05, 3.63) is 66.0 Å². The average molecular weight is 241 g/mol. The van der Waals surface area contributed by atoms with Gasteiger partial charge in [-0.15, -0.1) is 0 Å². The van der Waals surface area contributed by atoms with Gasteiger partial charge >= 0.3 is 0 Å². The molecule has 0 saturated carbocycles. The van der Waals surface area contributed by atoms with E-state index >= 15 is 0 Å². The molecule has 1 aromatic carbocycles. The monoisotopic (exact) mass is 241 g/mol. The summed E-state index contributed by atoms with van der Waals surface area (Å²) in [5.41, 5.74) is 2.50. The lowest BCUT2D eigenvalue weighted by Crippen LogP contribution is -2.39. The van der Waals surface area contributed by atoms with E-state index in [-0.39, 0.29) is 0 Å². The van der Waals surface area contributed by atoms with Gasteiger partial charge in [0.25, 0.3) is 0 Å². The van der Waals surface area contributed by atoms with E-state index in [1.807, 2.05) is 23.2 Å². The zero-order valence-corrected chi connectivity index (χ0v) is 10.7. The van der Waals surface area contributed by atoms with Crippen LogP contribution >= 0.6 is 0 Å². The van der Waals surface area contributed by atoms with Crippen molar-refractivity contribution in [3.63, 3.8) is 0 Å². The van der Waals surface area contributed by atoms with E-state index in [0.717, 1.165) is 13.0 Å². The smallest absolute Gasteiger partial charge is 0.0383 e. The highest BCUT2D eigenvalue weighted by Crippen LogP contribution is 2.09. The molecule has 0 aliphatic carbocycles. The average Bonchev–Trinajstić information content (AvgIpc) is 2.41. The molecule has 0 spiro atoms. The molecule has 18 heavy (non-hydrogen) atoms. The van der Waals surface area contributed by atoms with E-state index in [1.165, 1.54) is 11.1 Å². The van der Waals surface area contributed by atoms with Gasteiger partial charge in [-0.1, -0.05) is 30.3 Å². The molecule has 1 aromatic heterocycles. The van der Waals surface area contributed by atoms with E-state index in [2.05, 4.69) is 36.2 Å². The number of benzene rings is 1. The van der Waals surface area contributed by atoms with E-state index in [1.54, 1.807) is 12.4 Å². The molecule has 0 bridgehead atoms. The molecule has 2 rings (SSSR count). The third kappa shape index (κ3) is 3.65. The van der Waals surface area contributed by atoms with Crippen molar-refractivity contribution >= 4 is 0 Å². The second-order valence-corrected chi connectivity index (χ2v) is 4.57. The number of rotatable bonds is 5. The normalized spacial score (nSPS) is 12.6. The fourth-order valence-corrected chi connectivity index (χ4v) is 1.93. The summed E-state index contributed by atoms with van der Waals surface area (Å²) in [5.74, 6) is 6.11. The van der Waals surface area contributed by atoms with Gasteiger partial charge in [0.2, 0.25) is 0 Å². The van der Waals surface area contributed by atoms with Crippen LogP contribution < -0.4 is 5.84 Å². The Morgan fingerprint density at radius 2 is 1.72 bits per heavy atom. The standard InChI is InChI=1S/C15H19N3/c1-13(11-14-5-3-2-4-6-14)18(16)12-15-7-9-17-10-8-15/h2-10,13H,11-12,16H2,1H3. The number of hydrogen-bond donors (Lipinski definition) is 1. The van der Waals surface area contributed by atoms with Crippen LogP contribution in [-0.4, -0.2) is 16.0 Å². The molecule has 2 N–H and O–H groups in total. The maximum atomic E-state index is 6.11. The third-order valence-electron chi connectivity index (χ3n) is 3.05. The summed E-state index contributed by atoms with van der Waals surface area (Å²) in [6, 6.07) is 14.7. The Morgan fingerprint density at radius 1 is 1.06 bits per heavy atom. The first kappa shape index (κ1) is 12.7. The fraction of sp³-hybridized carbons (Fsp3) is 0.267. The lowest BCUT2D eigenvalue weighted by Gasteiger charge is -2.24. The highest BCUT2D eigenvalue weighted by atomic mass is 15.4. The highest BCUT2D eigenvalue weighted by Gasteiger charge is 2.10. The van der Waals surface area contributed by atoms with Crippen LogP contribution in [0.5, 0.6) is 0 Å². The van der Waals surface area contributed by atoms with E-state index in [9.17, 15) is 0 Å². The molecule has 2 aromatic rings. The number of pyridine rings is 1. The molecule has 0 fully saturated rings. The molecule has 94 valence electrons. The van der Waals surface area contributed by atoms with Crippen LogP contribution in [-0.2, 0) is 13.0 Å². The predicted molar refractivity (Wildman–Crippen MR) is 73.6 cm³/mol. The van der Waals surface area contributed by atoms with Crippen molar-refractivity contribution in [2.75, 3.05) is 0 Å². The molecule has 1 heterocycles. The van der Waals surface area contributed by atoms with Crippen molar-refractivity contribution in [2.24, 2.45) is 5.84 Å². The van der Waals surface area contributed by atoms with Crippen molar-refractivity contribution in [3.8, 4) is 0 Å². The van der Waals surface area contributed by atoms with Crippen molar-refractivity contribution in [1.29, 1.82) is 0 Å². The Morgan fingerprint density at radius 3 is 2.39 bits per heavy atom. The number of hydrogen-bond acceptors (Lipinski definition) is 3. The third-order valence-corrected chi connectivity index (χ3v) is 3.05. The van der Waals surface area contributed by atoms with Gasteiger partial charge < -0.3 is 0 Å². The summed E-state index contributed by atoms with van der Waals surface area (Å²) in [6.45, 7) is 2.89. The van der Waals surface area contributed by atoms with Gasteiger partial charge in [0.15, 0.2) is 0 Å². The number of nitrogens with two attached hydrogens (primary N) is 1. The fourth-order valence-electron chi connectivity index (χ4n) is 1.93. The quantitative estimate of drug-likeness (QED) is 0.645. The summed E-state index contributed by atoms with van der Waals surface area (Å²) >= 11 is 0. The van der Waals surface area contributed by atoms with Crippen LogP contribution in [0.1, 0.15) is 18.1 Å². The molecule has 0 radical (unpaired) electrons. The van der Waals surface area contributed by atoms with Crippen LogP contribution in [0.15, 0.2) is 54.9 Å². The largest absolute Gasteiger partial charge is 0.268 e. The van der Waals surface area contributed by atoms with Crippen molar-refractivity contribution < 1.29 is 0 Å². The predicted octanol–water partition coefficient (Wildman–Crippen LogP) is 2.39. The molecule has 1 atom stereocenters. The Balaban J connectivity index is 1.91. The second-order valence-electron chi connectivity index (χ2n) is 4.57. The minimum Gasteiger partial charge on any atom is -0.268 e. The van der Waals surface area contributed by atoms with Gasteiger partial charge in [-0.2, -0.15) is 0 Å². The van der Waals surface area contributed by atoms with Gasteiger partial charge in [0, 0.05) is 25.0 Å². The van der Waals surface area contributed by atoms with Crippen molar-refractivity contribution in [2.45, 2.75) is 25.9 Å². The minimum atomic E-state index is 0.306. The summed E-state index contributed by atoms with van der Waals surface area (Å²) in [7, 11) is 0. The summed E-state index contributed by atoms with van der Waals surface area (Å²) in [4.78, 5) is 4.01. The molecule has 0 amide bonds. The molecule has 0 aliphatic rings. The van der Waals surface area contributed by atoms with Crippen LogP contribution in [0, 0.1) is 0 Å². The van der Waals surface area contributed by atoms with Crippen molar-refractivity contribution in [1.82, 2.24) is 9.99 Å². The molecule has 3 heteroatoms. The zero-order chi connectivity index (χ0) is 12.8. The topological polar surface area (TPSA) is 42.1 Å². The molecule has 0 saturated heterocycles. The number of aromatic nitrogens is 1. The lowest BCUT2D eigenvalue weighted by atomic mass is 10.1. The zero-order valence-electron chi connectivity index (χ0n) is 10.7. The summed E-state index contributed by atoms with van der Waals surface area (Å²) in [6.07, 6.45) is 4.55. The summed E-state index contributed by atoms with van der Waals surface area (Å²) in [5, 5.41) is 1.88. The highest BCUT2D eigenvalue weighted by molar-refractivity contribution is 5.16. The van der Waals surface area contributed by atoms with E-state index in [0.29, 0.717) is 6.04 Å².